The van der Waals surface area contributed by atoms with Crippen LogP contribution in [0.2, 0.25) is 0 Å². The average molecular weight is 277 g/mol. The number of ether oxygens (including phenoxy) is 2. The molecule has 1 aromatic carbocycles. The van der Waals surface area contributed by atoms with E-state index in [1.165, 1.54) is 5.56 Å². The summed E-state index contributed by atoms with van der Waals surface area (Å²) in [6, 6.07) is 10.00. The first-order chi connectivity index (χ1) is 9.31. The van der Waals surface area contributed by atoms with Crippen LogP contribution in [0.4, 0.5) is 0 Å². The molecule has 0 saturated heterocycles. The van der Waals surface area contributed by atoms with Crippen LogP contribution in [0.15, 0.2) is 41.1 Å². The van der Waals surface area contributed by atoms with Crippen LogP contribution < -0.4 is 10.5 Å². The molecule has 0 bridgehead atoms. The van der Waals surface area contributed by atoms with E-state index in [9.17, 15) is 0 Å². The second-order valence-corrected chi connectivity index (χ2v) is 5.10. The van der Waals surface area contributed by atoms with Gasteiger partial charge in [0, 0.05) is 18.7 Å². The fourth-order valence-electron chi connectivity index (χ4n) is 1.93. The Hall–Kier alpha value is -1.36. The third-order valence-corrected chi connectivity index (χ3v) is 3.63. The van der Waals surface area contributed by atoms with E-state index in [0.29, 0.717) is 13.2 Å². The van der Waals surface area contributed by atoms with Crippen LogP contribution in [0.25, 0.3) is 0 Å². The van der Waals surface area contributed by atoms with Gasteiger partial charge in [-0.25, -0.2) is 0 Å². The van der Waals surface area contributed by atoms with Crippen LogP contribution >= 0.6 is 11.3 Å². The molecule has 19 heavy (non-hydrogen) atoms. The molecule has 0 aliphatic heterocycles. The topological polar surface area (TPSA) is 44.5 Å². The molecule has 1 heterocycles. The standard InChI is InChI=1S/C15H19NO2S/c1-17-7-8-18-15-5-3-2-4-13(15)14(16)10-12-6-9-19-11-12/h2-6,9,11,14H,7-8,10,16H2,1H3. The molecule has 2 N–H and O–H groups in total. The fourth-order valence-corrected chi connectivity index (χ4v) is 2.61. The SMILES string of the molecule is COCCOc1ccccc1C(N)Cc1ccsc1. The molecule has 1 atom stereocenters. The van der Waals surface area contributed by atoms with Gasteiger partial charge in [-0.05, 0) is 34.9 Å². The van der Waals surface area contributed by atoms with E-state index in [-0.39, 0.29) is 6.04 Å². The number of benzene rings is 1. The molecule has 2 rings (SSSR count). The lowest BCUT2D eigenvalue weighted by Gasteiger charge is -2.16. The molecule has 4 heteroatoms. The summed E-state index contributed by atoms with van der Waals surface area (Å²) >= 11 is 1.69. The number of para-hydroxylation sites is 1. The molecule has 0 spiro atoms. The van der Waals surface area contributed by atoms with Crippen molar-refractivity contribution in [2.24, 2.45) is 5.73 Å². The number of thiophene rings is 1. The summed E-state index contributed by atoms with van der Waals surface area (Å²) in [6.45, 7) is 1.12. The van der Waals surface area contributed by atoms with Gasteiger partial charge in [0.15, 0.2) is 0 Å². The number of rotatable bonds is 7. The molecule has 0 radical (unpaired) electrons. The smallest absolute Gasteiger partial charge is 0.124 e. The highest BCUT2D eigenvalue weighted by molar-refractivity contribution is 7.07. The minimum absolute atomic E-state index is 0.0478. The minimum Gasteiger partial charge on any atom is -0.491 e. The molecule has 0 aliphatic rings. The maximum atomic E-state index is 6.28. The first-order valence-corrected chi connectivity index (χ1v) is 7.23. The summed E-state index contributed by atoms with van der Waals surface area (Å²) in [5.41, 5.74) is 8.60. The van der Waals surface area contributed by atoms with Crippen LogP contribution in [0.5, 0.6) is 5.75 Å². The molecule has 0 amide bonds. The molecule has 3 nitrogen and oxygen atoms in total. The van der Waals surface area contributed by atoms with Crippen LogP contribution in [0.3, 0.4) is 0 Å². The lowest BCUT2D eigenvalue weighted by atomic mass is 10.0. The van der Waals surface area contributed by atoms with Crippen LogP contribution in [0, 0.1) is 0 Å². The average Bonchev–Trinajstić information content (AvgIpc) is 2.92. The Labute approximate surface area is 118 Å². The maximum Gasteiger partial charge on any atom is 0.124 e. The summed E-state index contributed by atoms with van der Waals surface area (Å²) in [5, 5.41) is 4.21. The maximum absolute atomic E-state index is 6.28. The van der Waals surface area contributed by atoms with Gasteiger partial charge in [0.25, 0.3) is 0 Å². The molecule has 0 fully saturated rings. The molecular weight excluding hydrogens is 258 g/mol. The Balaban J connectivity index is 2.05. The van der Waals surface area contributed by atoms with Gasteiger partial charge in [-0.1, -0.05) is 18.2 Å². The predicted molar refractivity (Wildman–Crippen MR) is 78.8 cm³/mol. The Morgan fingerprint density at radius 3 is 2.79 bits per heavy atom. The normalized spacial score (nSPS) is 12.3. The zero-order valence-corrected chi connectivity index (χ0v) is 11.9. The van der Waals surface area contributed by atoms with E-state index in [4.69, 9.17) is 15.2 Å². The van der Waals surface area contributed by atoms with Crippen molar-refractivity contribution in [2.75, 3.05) is 20.3 Å². The number of methoxy groups -OCH3 is 1. The molecule has 1 unspecified atom stereocenters. The Kier molecular flexibility index (Phi) is 5.39. The van der Waals surface area contributed by atoms with Crippen molar-refractivity contribution in [3.63, 3.8) is 0 Å². The summed E-state index contributed by atoms with van der Waals surface area (Å²) in [5.74, 6) is 0.849. The largest absolute Gasteiger partial charge is 0.491 e. The van der Waals surface area contributed by atoms with E-state index >= 15 is 0 Å². The first kappa shape index (κ1) is 14.1. The van der Waals surface area contributed by atoms with Crippen LogP contribution in [0.1, 0.15) is 17.2 Å². The Morgan fingerprint density at radius 2 is 2.05 bits per heavy atom. The van der Waals surface area contributed by atoms with Gasteiger partial charge >= 0.3 is 0 Å². The van der Waals surface area contributed by atoms with Crippen LogP contribution in [-0.2, 0) is 11.2 Å². The van der Waals surface area contributed by atoms with Crippen molar-refractivity contribution in [3.8, 4) is 5.75 Å². The van der Waals surface area contributed by atoms with Crippen molar-refractivity contribution in [2.45, 2.75) is 12.5 Å². The molecular formula is C15H19NO2S. The van der Waals surface area contributed by atoms with Gasteiger partial charge in [0.2, 0.25) is 0 Å². The highest BCUT2D eigenvalue weighted by atomic mass is 32.1. The minimum atomic E-state index is -0.0478. The van der Waals surface area contributed by atoms with Gasteiger partial charge in [-0.2, -0.15) is 11.3 Å². The quantitative estimate of drug-likeness (QED) is 0.791. The molecule has 2 aromatic rings. The third kappa shape index (κ3) is 4.06. The number of hydrogen-bond acceptors (Lipinski definition) is 4. The van der Waals surface area contributed by atoms with Gasteiger partial charge < -0.3 is 15.2 Å². The predicted octanol–water partition coefficient (Wildman–Crippen LogP) is 3.02. The first-order valence-electron chi connectivity index (χ1n) is 6.28. The zero-order chi connectivity index (χ0) is 13.5. The fraction of sp³-hybridized carbons (Fsp3) is 0.333. The lowest BCUT2D eigenvalue weighted by Crippen LogP contribution is -2.15. The molecule has 0 aliphatic carbocycles. The highest BCUT2D eigenvalue weighted by Gasteiger charge is 2.12. The Morgan fingerprint density at radius 1 is 1.21 bits per heavy atom. The van der Waals surface area contributed by atoms with E-state index in [0.717, 1.165) is 17.7 Å². The Bertz CT molecular complexity index is 485. The van der Waals surface area contributed by atoms with Crippen molar-refractivity contribution < 1.29 is 9.47 Å². The van der Waals surface area contributed by atoms with Gasteiger partial charge in [0.1, 0.15) is 12.4 Å². The summed E-state index contributed by atoms with van der Waals surface area (Å²) in [7, 11) is 1.66. The van der Waals surface area contributed by atoms with E-state index in [1.54, 1.807) is 18.4 Å². The monoisotopic (exact) mass is 277 g/mol. The second-order valence-electron chi connectivity index (χ2n) is 4.32. The van der Waals surface area contributed by atoms with E-state index < -0.39 is 0 Å². The van der Waals surface area contributed by atoms with Crippen molar-refractivity contribution >= 4 is 11.3 Å². The molecule has 1 aromatic heterocycles. The van der Waals surface area contributed by atoms with E-state index in [2.05, 4.69) is 16.8 Å². The summed E-state index contributed by atoms with van der Waals surface area (Å²) in [6.07, 6.45) is 0.828. The highest BCUT2D eigenvalue weighted by Crippen LogP contribution is 2.26. The van der Waals surface area contributed by atoms with Gasteiger partial charge in [-0.3, -0.25) is 0 Å². The lowest BCUT2D eigenvalue weighted by molar-refractivity contribution is 0.145. The molecule has 0 saturated carbocycles. The van der Waals surface area contributed by atoms with Crippen molar-refractivity contribution in [1.29, 1.82) is 0 Å². The van der Waals surface area contributed by atoms with Crippen LogP contribution in [-0.4, -0.2) is 20.3 Å². The van der Waals surface area contributed by atoms with Crippen molar-refractivity contribution in [3.05, 3.63) is 52.2 Å². The molecule has 102 valence electrons. The summed E-state index contributed by atoms with van der Waals surface area (Å²) in [4.78, 5) is 0. The van der Waals surface area contributed by atoms with Gasteiger partial charge in [-0.15, -0.1) is 0 Å². The van der Waals surface area contributed by atoms with Crippen molar-refractivity contribution in [1.82, 2.24) is 0 Å². The number of hydrogen-bond donors (Lipinski definition) is 1. The zero-order valence-electron chi connectivity index (χ0n) is 11.0. The van der Waals surface area contributed by atoms with Gasteiger partial charge in [0.05, 0.1) is 6.61 Å². The summed E-state index contributed by atoms with van der Waals surface area (Å²) < 4.78 is 10.7. The second kappa shape index (κ2) is 7.28. The third-order valence-electron chi connectivity index (χ3n) is 2.90. The van der Waals surface area contributed by atoms with E-state index in [1.807, 2.05) is 24.3 Å². The number of nitrogens with two attached hydrogens (primary N) is 1.